The molecule has 2 aromatic rings. The maximum Gasteiger partial charge on any atom is 0.286 e. The Morgan fingerprint density at radius 2 is 2.00 bits per heavy atom. The molecule has 19 heavy (non-hydrogen) atoms. The van der Waals surface area contributed by atoms with Crippen LogP contribution >= 0.6 is 22.9 Å². The van der Waals surface area contributed by atoms with Crippen LogP contribution in [0, 0.1) is 0 Å². The highest BCUT2D eigenvalue weighted by Gasteiger charge is 2.18. The molecule has 0 atom stereocenters. The minimum atomic E-state index is -3.93. The van der Waals surface area contributed by atoms with Crippen molar-refractivity contribution in [3.8, 4) is 0 Å². The van der Waals surface area contributed by atoms with Crippen LogP contribution in [0.3, 0.4) is 0 Å². The second kappa shape index (κ2) is 5.21. The summed E-state index contributed by atoms with van der Waals surface area (Å²) in [6.07, 6.45) is 0. The maximum atomic E-state index is 11.8. The van der Waals surface area contributed by atoms with E-state index < -0.39 is 15.9 Å². The first-order valence-corrected chi connectivity index (χ1v) is 7.54. The second-order valence-corrected chi connectivity index (χ2v) is 6.44. The van der Waals surface area contributed by atoms with E-state index in [1.54, 1.807) is 6.07 Å². The van der Waals surface area contributed by atoms with Gasteiger partial charge in [-0.05, 0) is 23.7 Å². The summed E-state index contributed by atoms with van der Waals surface area (Å²) in [5, 5.41) is 14.5. The normalized spacial score (nSPS) is 11.3. The van der Waals surface area contributed by atoms with E-state index >= 15 is 0 Å². The first-order valence-electron chi connectivity index (χ1n) is 4.80. The summed E-state index contributed by atoms with van der Waals surface area (Å²) < 4.78 is 22.8. The molecular formula is C9H7ClN4O3S2. The SMILES string of the molecule is NS(=O)(=O)c1ccccc1NC(=O)c1nnc(Cl)s1. The quantitative estimate of drug-likeness (QED) is 0.879. The standard InChI is InChI=1S/C9H7ClN4O3S2/c10-9-14-13-8(18-9)7(15)12-5-3-1-2-4-6(5)19(11,16)17/h1-4H,(H,12,15)(H2,11,16,17). The molecule has 0 aliphatic heterocycles. The Kier molecular flexibility index (Phi) is 3.80. The van der Waals surface area contributed by atoms with Gasteiger partial charge in [0.2, 0.25) is 19.5 Å². The lowest BCUT2D eigenvalue weighted by molar-refractivity contribution is 0.102. The molecule has 0 radical (unpaired) electrons. The number of anilines is 1. The number of benzene rings is 1. The molecule has 0 aliphatic rings. The molecule has 100 valence electrons. The molecule has 3 N–H and O–H groups in total. The average molecular weight is 319 g/mol. The van der Waals surface area contributed by atoms with E-state index in [-0.39, 0.29) is 20.1 Å². The third kappa shape index (κ3) is 3.26. The highest BCUT2D eigenvalue weighted by atomic mass is 35.5. The molecule has 0 saturated carbocycles. The highest BCUT2D eigenvalue weighted by molar-refractivity contribution is 7.89. The summed E-state index contributed by atoms with van der Waals surface area (Å²) >= 11 is 6.44. The molecule has 0 unspecified atom stereocenters. The van der Waals surface area contributed by atoms with Crippen LogP contribution in [0.25, 0.3) is 0 Å². The number of aromatic nitrogens is 2. The lowest BCUT2D eigenvalue weighted by Crippen LogP contribution is -2.18. The molecule has 7 nitrogen and oxygen atoms in total. The first kappa shape index (κ1) is 13.9. The van der Waals surface area contributed by atoms with Crippen molar-refractivity contribution in [2.75, 3.05) is 5.32 Å². The van der Waals surface area contributed by atoms with Crippen LogP contribution in [0.1, 0.15) is 9.80 Å². The zero-order chi connectivity index (χ0) is 14.0. The van der Waals surface area contributed by atoms with E-state index in [1.807, 2.05) is 0 Å². The van der Waals surface area contributed by atoms with Gasteiger partial charge in [-0.3, -0.25) is 4.79 Å². The van der Waals surface area contributed by atoms with Crippen molar-refractivity contribution < 1.29 is 13.2 Å². The second-order valence-electron chi connectivity index (χ2n) is 3.36. The van der Waals surface area contributed by atoms with Gasteiger partial charge >= 0.3 is 0 Å². The third-order valence-corrected chi connectivity index (χ3v) is 4.02. The van der Waals surface area contributed by atoms with Crippen molar-refractivity contribution >= 4 is 44.6 Å². The number of nitrogens with zero attached hydrogens (tertiary/aromatic N) is 2. The Morgan fingerprint density at radius 1 is 1.32 bits per heavy atom. The van der Waals surface area contributed by atoms with Gasteiger partial charge in [-0.2, -0.15) is 0 Å². The van der Waals surface area contributed by atoms with Gasteiger partial charge in [-0.25, -0.2) is 13.6 Å². The molecule has 0 aliphatic carbocycles. The smallest absolute Gasteiger partial charge is 0.286 e. The molecule has 10 heteroatoms. The number of halogens is 1. The third-order valence-electron chi connectivity index (χ3n) is 2.04. The van der Waals surface area contributed by atoms with Crippen molar-refractivity contribution in [1.29, 1.82) is 0 Å². The van der Waals surface area contributed by atoms with E-state index in [0.717, 1.165) is 11.3 Å². The van der Waals surface area contributed by atoms with E-state index in [1.165, 1.54) is 18.2 Å². The van der Waals surface area contributed by atoms with Crippen LogP contribution in [0.15, 0.2) is 29.2 Å². The summed E-state index contributed by atoms with van der Waals surface area (Å²) in [4.78, 5) is 11.6. The summed E-state index contributed by atoms with van der Waals surface area (Å²) in [7, 11) is -3.93. The highest BCUT2D eigenvalue weighted by Crippen LogP contribution is 2.21. The number of sulfonamides is 1. The number of primary sulfonamides is 1. The minimum absolute atomic E-state index is 0.0224. The zero-order valence-electron chi connectivity index (χ0n) is 9.20. The minimum Gasteiger partial charge on any atom is -0.319 e. The van der Waals surface area contributed by atoms with Gasteiger partial charge in [0.15, 0.2) is 0 Å². The molecule has 0 bridgehead atoms. The van der Waals surface area contributed by atoms with Crippen LogP contribution in [-0.4, -0.2) is 24.5 Å². The Morgan fingerprint density at radius 3 is 2.58 bits per heavy atom. The van der Waals surface area contributed by atoms with Crippen molar-refractivity contribution in [3.05, 3.63) is 33.7 Å². The van der Waals surface area contributed by atoms with E-state index in [2.05, 4.69) is 15.5 Å². The molecule has 0 fully saturated rings. The zero-order valence-corrected chi connectivity index (χ0v) is 11.6. The molecule has 1 heterocycles. The fourth-order valence-electron chi connectivity index (χ4n) is 1.29. The Balaban J connectivity index is 2.32. The number of carbonyl (C=O) groups excluding carboxylic acids is 1. The van der Waals surface area contributed by atoms with Gasteiger partial charge in [0, 0.05) is 0 Å². The van der Waals surface area contributed by atoms with Gasteiger partial charge < -0.3 is 5.32 Å². The lowest BCUT2D eigenvalue weighted by atomic mass is 10.3. The van der Waals surface area contributed by atoms with Crippen LogP contribution in [-0.2, 0) is 10.0 Å². The average Bonchev–Trinajstić information content (AvgIpc) is 2.75. The van der Waals surface area contributed by atoms with Crippen LogP contribution < -0.4 is 10.5 Å². The lowest BCUT2D eigenvalue weighted by Gasteiger charge is -2.07. The maximum absolute atomic E-state index is 11.8. The number of rotatable bonds is 3. The van der Waals surface area contributed by atoms with Gasteiger partial charge in [-0.1, -0.05) is 23.5 Å². The Bertz CT molecular complexity index is 729. The van der Waals surface area contributed by atoms with Crippen molar-refractivity contribution in [2.24, 2.45) is 5.14 Å². The molecule has 0 spiro atoms. The number of nitrogens with one attached hydrogen (secondary N) is 1. The molecule has 1 amide bonds. The Labute approximate surface area is 117 Å². The summed E-state index contributed by atoms with van der Waals surface area (Å²) in [6, 6.07) is 5.77. The monoisotopic (exact) mass is 318 g/mol. The Hall–Kier alpha value is -1.55. The fraction of sp³-hybridized carbons (Fsp3) is 0. The molecule has 1 aromatic carbocycles. The number of hydrogen-bond donors (Lipinski definition) is 2. The molecule has 0 saturated heterocycles. The largest absolute Gasteiger partial charge is 0.319 e. The van der Waals surface area contributed by atoms with Gasteiger partial charge in [-0.15, -0.1) is 10.2 Å². The number of amides is 1. The van der Waals surface area contributed by atoms with Crippen molar-refractivity contribution in [3.63, 3.8) is 0 Å². The molecular weight excluding hydrogens is 312 g/mol. The van der Waals surface area contributed by atoms with Gasteiger partial charge in [0.25, 0.3) is 5.91 Å². The van der Waals surface area contributed by atoms with Crippen molar-refractivity contribution in [1.82, 2.24) is 10.2 Å². The summed E-state index contributed by atoms with van der Waals surface area (Å²) in [5.41, 5.74) is 0.0707. The molecule has 1 aromatic heterocycles. The predicted octanol–water partition coefficient (Wildman–Crippen LogP) is 1.09. The van der Waals surface area contributed by atoms with Crippen LogP contribution in [0.5, 0.6) is 0 Å². The number of hydrogen-bond acceptors (Lipinski definition) is 6. The molecule has 2 rings (SSSR count). The number of para-hydroxylation sites is 1. The number of carbonyl (C=O) groups is 1. The predicted molar refractivity (Wildman–Crippen MR) is 70.7 cm³/mol. The topological polar surface area (TPSA) is 115 Å². The first-order chi connectivity index (χ1) is 8.88. The summed E-state index contributed by atoms with van der Waals surface area (Å²) in [5.74, 6) is -0.611. The van der Waals surface area contributed by atoms with Crippen LogP contribution in [0.2, 0.25) is 4.47 Å². The fourth-order valence-corrected chi connectivity index (χ4v) is 2.71. The summed E-state index contributed by atoms with van der Waals surface area (Å²) in [6.45, 7) is 0. The van der Waals surface area contributed by atoms with E-state index in [4.69, 9.17) is 16.7 Å². The van der Waals surface area contributed by atoms with Crippen LogP contribution in [0.4, 0.5) is 5.69 Å². The number of nitrogens with two attached hydrogens (primary N) is 1. The van der Waals surface area contributed by atoms with E-state index in [0.29, 0.717) is 0 Å². The van der Waals surface area contributed by atoms with E-state index in [9.17, 15) is 13.2 Å². The van der Waals surface area contributed by atoms with Gasteiger partial charge in [0.1, 0.15) is 4.90 Å². The van der Waals surface area contributed by atoms with Crippen molar-refractivity contribution in [2.45, 2.75) is 4.90 Å². The van der Waals surface area contributed by atoms with Gasteiger partial charge in [0.05, 0.1) is 5.69 Å².